The number of hydrogen-bond acceptors (Lipinski definition) is 3. The van der Waals surface area contributed by atoms with Gasteiger partial charge in [0.25, 0.3) is 0 Å². The second-order valence-corrected chi connectivity index (χ2v) is 7.85. The van der Waals surface area contributed by atoms with Crippen LogP contribution < -0.4 is 5.56 Å². The summed E-state index contributed by atoms with van der Waals surface area (Å²) in [5.41, 5.74) is 1.68. The van der Waals surface area contributed by atoms with Crippen LogP contribution in [0, 0.1) is 11.7 Å². The van der Waals surface area contributed by atoms with Crippen molar-refractivity contribution in [3.8, 4) is 0 Å². The van der Waals surface area contributed by atoms with Crippen molar-refractivity contribution in [1.82, 2.24) is 4.57 Å². The third-order valence-electron chi connectivity index (χ3n) is 5.28. The first-order valence-electron chi connectivity index (χ1n) is 8.82. The Balaban J connectivity index is 1.96. The van der Waals surface area contributed by atoms with Crippen LogP contribution in [0.1, 0.15) is 49.1 Å². The summed E-state index contributed by atoms with van der Waals surface area (Å²) in [5, 5.41) is 13.1. The van der Waals surface area contributed by atoms with E-state index >= 15 is 0 Å². The van der Waals surface area contributed by atoms with E-state index in [1.54, 1.807) is 19.3 Å². The van der Waals surface area contributed by atoms with Crippen LogP contribution in [0.3, 0.4) is 0 Å². The Bertz CT molecular complexity index is 872. The molecular weight excluding hydrogens is 399 g/mol. The number of aromatic nitrogens is 1. The largest absolute Gasteiger partial charge is 0.411 e. The fraction of sp³-hybridized carbons (Fsp3) is 0.400. The van der Waals surface area contributed by atoms with E-state index in [2.05, 4.69) is 21.1 Å². The van der Waals surface area contributed by atoms with E-state index in [0.717, 1.165) is 25.7 Å². The second kappa shape index (κ2) is 8.16. The maximum atomic E-state index is 14.7. The van der Waals surface area contributed by atoms with Crippen molar-refractivity contribution in [2.45, 2.75) is 38.0 Å². The summed E-state index contributed by atoms with van der Waals surface area (Å²) in [6, 6.07) is 8.26. The lowest BCUT2D eigenvalue weighted by molar-refractivity contribution is 0.315. The number of oxime groups is 1. The second-order valence-electron chi connectivity index (χ2n) is 6.93. The minimum absolute atomic E-state index is 0.0614. The van der Waals surface area contributed by atoms with Gasteiger partial charge in [0.2, 0.25) is 5.56 Å². The molecule has 3 rings (SSSR count). The molecule has 0 radical (unpaired) electrons. The van der Waals surface area contributed by atoms with Crippen LogP contribution in [0.4, 0.5) is 4.39 Å². The van der Waals surface area contributed by atoms with E-state index in [-0.39, 0.29) is 17.3 Å². The molecule has 138 valence electrons. The molecule has 1 unspecified atom stereocenters. The Morgan fingerprint density at radius 2 is 2.08 bits per heavy atom. The Hall–Kier alpha value is -1.95. The summed E-state index contributed by atoms with van der Waals surface area (Å²) >= 11 is 3.31. The lowest BCUT2D eigenvalue weighted by Gasteiger charge is -2.25. The molecule has 1 aliphatic carbocycles. The first-order valence-corrected chi connectivity index (χ1v) is 9.62. The molecule has 1 N–H and O–H groups in total. The third-order valence-corrected chi connectivity index (χ3v) is 5.78. The molecule has 1 aromatic carbocycles. The molecular formula is C20H22BrFN2O2. The van der Waals surface area contributed by atoms with Gasteiger partial charge >= 0.3 is 0 Å². The van der Waals surface area contributed by atoms with E-state index in [0.29, 0.717) is 33.7 Å². The van der Waals surface area contributed by atoms with Crippen molar-refractivity contribution < 1.29 is 9.60 Å². The molecule has 1 aromatic heterocycles. The summed E-state index contributed by atoms with van der Waals surface area (Å²) < 4.78 is 16.8. The molecule has 1 atom stereocenters. The van der Waals surface area contributed by atoms with Gasteiger partial charge in [-0.3, -0.25) is 4.79 Å². The van der Waals surface area contributed by atoms with Crippen LogP contribution in [0.15, 0.2) is 51.0 Å². The molecule has 1 aliphatic rings. The lowest BCUT2D eigenvalue weighted by Crippen LogP contribution is -2.20. The van der Waals surface area contributed by atoms with Gasteiger partial charge < -0.3 is 9.77 Å². The van der Waals surface area contributed by atoms with E-state index in [4.69, 9.17) is 0 Å². The van der Waals surface area contributed by atoms with Gasteiger partial charge in [-0.2, -0.15) is 0 Å². The number of rotatable bonds is 5. The highest BCUT2D eigenvalue weighted by Crippen LogP contribution is 2.41. The predicted molar refractivity (Wildman–Crippen MR) is 103 cm³/mol. The van der Waals surface area contributed by atoms with Gasteiger partial charge in [-0.1, -0.05) is 40.0 Å². The zero-order valence-corrected chi connectivity index (χ0v) is 16.2. The molecule has 26 heavy (non-hydrogen) atoms. The van der Waals surface area contributed by atoms with Crippen LogP contribution in [0.2, 0.25) is 0 Å². The van der Waals surface area contributed by atoms with Gasteiger partial charge in [-0.15, -0.1) is 0 Å². The molecule has 0 aliphatic heterocycles. The van der Waals surface area contributed by atoms with Crippen molar-refractivity contribution in [2.24, 2.45) is 18.1 Å². The maximum absolute atomic E-state index is 14.7. The highest BCUT2D eigenvalue weighted by atomic mass is 79.9. The summed E-state index contributed by atoms with van der Waals surface area (Å²) in [6.45, 7) is 0. The van der Waals surface area contributed by atoms with E-state index in [9.17, 15) is 14.4 Å². The zero-order chi connectivity index (χ0) is 18.7. The summed E-state index contributed by atoms with van der Waals surface area (Å²) in [7, 11) is 1.66. The van der Waals surface area contributed by atoms with Crippen LogP contribution >= 0.6 is 15.9 Å². The monoisotopic (exact) mass is 420 g/mol. The first-order chi connectivity index (χ1) is 12.5. The van der Waals surface area contributed by atoms with Crippen LogP contribution in [0.25, 0.3) is 0 Å². The predicted octanol–water partition coefficient (Wildman–Crippen LogP) is 4.83. The van der Waals surface area contributed by atoms with Crippen molar-refractivity contribution in [1.29, 1.82) is 0 Å². The SMILES string of the molecule is Cn1cc(/C(CC(c2ccc(Br)cc2F)C2CCCC2)=N/O)ccc1=O. The van der Waals surface area contributed by atoms with Crippen molar-refractivity contribution in [2.75, 3.05) is 0 Å². The highest BCUT2D eigenvalue weighted by Gasteiger charge is 2.30. The standard InChI is InChI=1S/C20H22BrFN2O2/c1-24-12-14(6-9-20(24)25)19(23-26)11-17(13-4-2-3-5-13)16-8-7-15(21)10-18(16)22/h6-10,12-13,17,26H,2-5,11H2,1H3/b23-19+. The van der Waals surface area contributed by atoms with Crippen LogP contribution in [0.5, 0.6) is 0 Å². The molecule has 6 heteroatoms. The molecule has 0 amide bonds. The molecule has 1 fully saturated rings. The van der Waals surface area contributed by atoms with Gasteiger partial charge in [-0.25, -0.2) is 4.39 Å². The topological polar surface area (TPSA) is 54.6 Å². The average Bonchev–Trinajstić information content (AvgIpc) is 3.14. The zero-order valence-electron chi connectivity index (χ0n) is 14.7. The Morgan fingerprint density at radius 3 is 2.69 bits per heavy atom. The van der Waals surface area contributed by atoms with Gasteiger partial charge in [0.1, 0.15) is 5.82 Å². The van der Waals surface area contributed by atoms with Crippen molar-refractivity contribution in [3.05, 3.63) is 68.3 Å². The molecule has 4 nitrogen and oxygen atoms in total. The summed E-state index contributed by atoms with van der Waals surface area (Å²) in [5.74, 6) is 0.0534. The molecule has 0 spiro atoms. The van der Waals surface area contributed by atoms with Gasteiger partial charge in [0.15, 0.2) is 0 Å². The Morgan fingerprint density at radius 1 is 1.35 bits per heavy atom. The summed E-state index contributed by atoms with van der Waals surface area (Å²) in [6.07, 6.45) is 6.47. The molecule has 2 aromatic rings. The lowest BCUT2D eigenvalue weighted by atomic mass is 9.80. The van der Waals surface area contributed by atoms with Crippen LogP contribution in [-0.4, -0.2) is 15.5 Å². The fourth-order valence-corrected chi connectivity index (χ4v) is 4.22. The normalized spacial score (nSPS) is 16.8. The Kier molecular flexibility index (Phi) is 5.91. The van der Waals surface area contributed by atoms with Crippen molar-refractivity contribution >= 4 is 21.6 Å². The van der Waals surface area contributed by atoms with Gasteiger partial charge in [0, 0.05) is 35.8 Å². The number of halogens is 2. The molecule has 1 saturated carbocycles. The van der Waals surface area contributed by atoms with Crippen molar-refractivity contribution in [3.63, 3.8) is 0 Å². The number of pyridine rings is 1. The van der Waals surface area contributed by atoms with Gasteiger partial charge in [0.05, 0.1) is 5.71 Å². The minimum Gasteiger partial charge on any atom is -0.411 e. The molecule has 0 saturated heterocycles. The van der Waals surface area contributed by atoms with E-state index < -0.39 is 0 Å². The number of benzene rings is 1. The number of hydrogen-bond donors (Lipinski definition) is 1. The highest BCUT2D eigenvalue weighted by molar-refractivity contribution is 9.10. The minimum atomic E-state index is -0.242. The summed E-state index contributed by atoms with van der Waals surface area (Å²) in [4.78, 5) is 11.6. The van der Waals surface area contributed by atoms with Crippen LogP contribution in [-0.2, 0) is 7.05 Å². The first kappa shape index (κ1) is 18.8. The average molecular weight is 421 g/mol. The molecule has 1 heterocycles. The fourth-order valence-electron chi connectivity index (χ4n) is 3.88. The smallest absolute Gasteiger partial charge is 0.250 e. The number of nitrogens with zero attached hydrogens (tertiary/aromatic N) is 2. The quantitative estimate of drug-likeness (QED) is 0.427. The third kappa shape index (κ3) is 4.06. The van der Waals surface area contributed by atoms with E-state index in [1.807, 2.05) is 12.1 Å². The van der Waals surface area contributed by atoms with Gasteiger partial charge in [-0.05, 0) is 48.4 Å². The number of aryl methyl sites for hydroxylation is 1. The maximum Gasteiger partial charge on any atom is 0.250 e. The molecule has 0 bridgehead atoms. The Labute approximate surface area is 160 Å². The van der Waals surface area contributed by atoms with E-state index in [1.165, 1.54) is 16.7 Å².